The Labute approximate surface area is 109 Å². The third-order valence-electron chi connectivity index (χ3n) is 2.26. The van der Waals surface area contributed by atoms with Gasteiger partial charge in [-0.15, -0.1) is 11.8 Å². The van der Waals surface area contributed by atoms with Crippen LogP contribution in [0.2, 0.25) is 0 Å². The van der Waals surface area contributed by atoms with Gasteiger partial charge in [-0.25, -0.2) is 0 Å². The van der Waals surface area contributed by atoms with Crippen molar-refractivity contribution in [3.63, 3.8) is 0 Å². The van der Waals surface area contributed by atoms with Crippen molar-refractivity contribution in [2.24, 2.45) is 5.41 Å². The zero-order chi connectivity index (χ0) is 12.2. The summed E-state index contributed by atoms with van der Waals surface area (Å²) in [5.41, 5.74) is 6.40. The van der Waals surface area contributed by atoms with Crippen LogP contribution in [0.3, 0.4) is 0 Å². The summed E-state index contributed by atoms with van der Waals surface area (Å²) in [6.07, 6.45) is 0.861. The second-order valence-corrected chi connectivity index (χ2v) is 6.33. The summed E-state index contributed by atoms with van der Waals surface area (Å²) >= 11 is 5.12. The fourth-order valence-corrected chi connectivity index (χ4v) is 2.90. The molecular weight excluding hydrogens is 284 g/mol. The minimum absolute atomic E-state index is 0.256. The molecule has 0 aromatic heterocycles. The van der Waals surface area contributed by atoms with Gasteiger partial charge in [0.15, 0.2) is 0 Å². The van der Waals surface area contributed by atoms with Crippen molar-refractivity contribution >= 4 is 33.4 Å². The lowest BCUT2D eigenvalue weighted by Crippen LogP contribution is -2.08. The minimum atomic E-state index is -0.256. The number of hydrogen-bond acceptors (Lipinski definition) is 3. The van der Waals surface area contributed by atoms with Crippen LogP contribution < -0.4 is 5.73 Å². The number of nitriles is 1. The number of nitrogen functional groups attached to an aromatic ring is 1. The largest absolute Gasteiger partial charge is 0.398 e. The van der Waals surface area contributed by atoms with E-state index in [0.29, 0.717) is 0 Å². The second-order valence-electron chi connectivity index (χ2n) is 4.28. The molecule has 2 N–H and O–H groups in total. The highest BCUT2D eigenvalue weighted by Gasteiger charge is 2.16. The van der Waals surface area contributed by atoms with Gasteiger partial charge in [0.2, 0.25) is 0 Å². The van der Waals surface area contributed by atoms with Crippen LogP contribution in [0.25, 0.3) is 0 Å². The smallest absolute Gasteiger partial charge is 0.0684 e. The number of thioether (sulfide) groups is 1. The van der Waals surface area contributed by atoms with Crippen molar-refractivity contribution in [2.75, 3.05) is 11.5 Å². The van der Waals surface area contributed by atoms with Crippen molar-refractivity contribution in [3.8, 4) is 6.07 Å². The molecule has 0 spiro atoms. The Balaban J connectivity index is 2.56. The van der Waals surface area contributed by atoms with E-state index in [-0.39, 0.29) is 5.41 Å². The van der Waals surface area contributed by atoms with E-state index in [0.717, 1.165) is 27.2 Å². The molecule has 1 rings (SSSR count). The first kappa shape index (κ1) is 13.4. The zero-order valence-electron chi connectivity index (χ0n) is 9.46. The van der Waals surface area contributed by atoms with Crippen LogP contribution in [-0.4, -0.2) is 5.75 Å². The van der Waals surface area contributed by atoms with Crippen LogP contribution in [0, 0.1) is 16.7 Å². The third-order valence-corrected chi connectivity index (χ3v) is 3.83. The molecule has 2 nitrogen and oxygen atoms in total. The molecule has 0 amide bonds. The van der Waals surface area contributed by atoms with Gasteiger partial charge in [0.05, 0.1) is 11.5 Å². The maximum absolute atomic E-state index is 8.90. The van der Waals surface area contributed by atoms with E-state index < -0.39 is 0 Å². The molecule has 0 saturated carbocycles. The maximum Gasteiger partial charge on any atom is 0.0684 e. The Hall–Kier alpha value is -0.660. The molecule has 0 heterocycles. The third kappa shape index (κ3) is 4.07. The molecule has 1 aromatic rings. The van der Waals surface area contributed by atoms with E-state index in [9.17, 15) is 0 Å². The molecule has 0 saturated heterocycles. The number of anilines is 1. The van der Waals surface area contributed by atoms with Gasteiger partial charge in [0, 0.05) is 15.1 Å². The number of hydrogen-bond donors (Lipinski definition) is 1. The van der Waals surface area contributed by atoms with E-state index in [4.69, 9.17) is 11.0 Å². The van der Waals surface area contributed by atoms with Crippen molar-refractivity contribution in [1.29, 1.82) is 5.26 Å². The highest BCUT2D eigenvalue weighted by molar-refractivity contribution is 9.10. The molecular formula is C12H15BrN2S. The van der Waals surface area contributed by atoms with Gasteiger partial charge < -0.3 is 5.73 Å². The van der Waals surface area contributed by atoms with Gasteiger partial charge in [0.1, 0.15) is 0 Å². The molecule has 0 atom stereocenters. The Morgan fingerprint density at radius 2 is 2.19 bits per heavy atom. The summed E-state index contributed by atoms with van der Waals surface area (Å²) in [7, 11) is 0. The molecule has 0 aliphatic carbocycles. The van der Waals surface area contributed by atoms with Gasteiger partial charge in [0.25, 0.3) is 0 Å². The van der Waals surface area contributed by atoms with Crippen LogP contribution in [0.4, 0.5) is 5.69 Å². The molecule has 0 bridgehead atoms. The Morgan fingerprint density at radius 1 is 1.50 bits per heavy atom. The summed E-state index contributed by atoms with van der Waals surface area (Å²) < 4.78 is 1.03. The fraction of sp³-hybridized carbons (Fsp3) is 0.417. The number of halogens is 1. The van der Waals surface area contributed by atoms with E-state index in [2.05, 4.69) is 22.0 Å². The van der Waals surface area contributed by atoms with Crippen LogP contribution in [-0.2, 0) is 0 Å². The summed E-state index contributed by atoms with van der Waals surface area (Å²) in [6.45, 7) is 3.91. The van der Waals surface area contributed by atoms with Gasteiger partial charge in [-0.3, -0.25) is 0 Å². The van der Waals surface area contributed by atoms with Crippen molar-refractivity contribution in [1.82, 2.24) is 0 Å². The maximum atomic E-state index is 8.90. The lowest BCUT2D eigenvalue weighted by Gasteiger charge is -2.14. The molecule has 1 aromatic carbocycles. The minimum Gasteiger partial charge on any atom is -0.398 e. The molecule has 4 heteroatoms. The van der Waals surface area contributed by atoms with Gasteiger partial charge in [-0.05, 0) is 44.2 Å². The van der Waals surface area contributed by atoms with Gasteiger partial charge >= 0.3 is 0 Å². The number of nitrogens with zero attached hydrogens (tertiary/aromatic N) is 1. The Morgan fingerprint density at radius 3 is 2.81 bits per heavy atom. The molecule has 0 aliphatic heterocycles. The number of rotatable bonds is 4. The molecule has 16 heavy (non-hydrogen) atoms. The lowest BCUT2D eigenvalue weighted by atomic mass is 9.93. The molecule has 0 fully saturated rings. The average Bonchev–Trinajstić information content (AvgIpc) is 2.23. The summed E-state index contributed by atoms with van der Waals surface area (Å²) in [6, 6.07) is 8.13. The summed E-state index contributed by atoms with van der Waals surface area (Å²) in [4.78, 5) is 1.07. The summed E-state index contributed by atoms with van der Waals surface area (Å²) in [5.74, 6) is 0.904. The van der Waals surface area contributed by atoms with Gasteiger partial charge in [-0.1, -0.05) is 15.9 Å². The van der Waals surface area contributed by atoms with E-state index >= 15 is 0 Å². The molecule has 0 aliphatic rings. The summed E-state index contributed by atoms with van der Waals surface area (Å²) in [5, 5.41) is 8.90. The first-order valence-corrected chi connectivity index (χ1v) is 6.81. The van der Waals surface area contributed by atoms with Gasteiger partial charge in [-0.2, -0.15) is 5.26 Å². The average molecular weight is 299 g/mol. The molecule has 86 valence electrons. The van der Waals surface area contributed by atoms with Crippen molar-refractivity contribution in [3.05, 3.63) is 22.7 Å². The van der Waals surface area contributed by atoms with Crippen LogP contribution in [0.5, 0.6) is 0 Å². The molecule has 0 radical (unpaired) electrons. The SMILES string of the molecule is CC(C)(C#N)CCSc1cc(Br)ccc1N. The molecule has 0 unspecified atom stereocenters. The van der Waals surface area contributed by atoms with Crippen LogP contribution >= 0.6 is 27.7 Å². The van der Waals surface area contributed by atoms with E-state index in [1.54, 1.807) is 11.8 Å². The topological polar surface area (TPSA) is 49.8 Å². The van der Waals surface area contributed by atoms with Crippen molar-refractivity contribution in [2.45, 2.75) is 25.2 Å². The highest BCUT2D eigenvalue weighted by atomic mass is 79.9. The zero-order valence-corrected chi connectivity index (χ0v) is 11.9. The lowest BCUT2D eigenvalue weighted by molar-refractivity contribution is 0.482. The van der Waals surface area contributed by atoms with Crippen molar-refractivity contribution < 1.29 is 0 Å². The van der Waals surface area contributed by atoms with Crippen LogP contribution in [0.1, 0.15) is 20.3 Å². The first-order chi connectivity index (χ1) is 7.44. The standard InChI is InChI=1S/C12H15BrN2S/c1-12(2,8-14)5-6-16-11-7-9(13)3-4-10(11)15/h3-4,7H,5-6,15H2,1-2H3. The number of benzene rings is 1. The Bertz CT molecular complexity index is 410. The predicted molar refractivity (Wildman–Crippen MR) is 73.3 cm³/mol. The Kier molecular flexibility index (Phi) is 4.69. The van der Waals surface area contributed by atoms with E-state index in [1.165, 1.54) is 0 Å². The fourth-order valence-electron chi connectivity index (χ4n) is 1.11. The van der Waals surface area contributed by atoms with Crippen LogP contribution in [0.15, 0.2) is 27.6 Å². The first-order valence-electron chi connectivity index (χ1n) is 5.04. The quantitative estimate of drug-likeness (QED) is 0.673. The normalized spacial score (nSPS) is 11.1. The predicted octanol–water partition coefficient (Wildman–Crippen LogP) is 4.06. The highest BCUT2D eigenvalue weighted by Crippen LogP contribution is 2.31. The van der Waals surface area contributed by atoms with E-state index in [1.807, 2.05) is 32.0 Å². The second kappa shape index (κ2) is 5.60. The number of nitrogens with two attached hydrogens (primary N) is 1. The monoisotopic (exact) mass is 298 g/mol.